The van der Waals surface area contributed by atoms with Crippen molar-refractivity contribution in [2.75, 3.05) is 6.61 Å². The van der Waals surface area contributed by atoms with Crippen molar-refractivity contribution < 1.29 is 4.74 Å². The second-order valence-electron chi connectivity index (χ2n) is 3.15. The highest BCUT2D eigenvalue weighted by Gasteiger charge is 2.01. The van der Waals surface area contributed by atoms with Gasteiger partial charge in [-0.2, -0.15) is 0 Å². The Bertz CT molecular complexity index is 269. The minimum absolute atomic E-state index is 0.353. The summed E-state index contributed by atoms with van der Waals surface area (Å²) in [4.78, 5) is 3.81. The molecule has 0 amide bonds. The van der Waals surface area contributed by atoms with Gasteiger partial charge in [-0.1, -0.05) is 37.0 Å². The standard InChI is InChI=1S/C9H11Cl2NO/c1-6(2)5-13-7-3-8(10)12-9(11)4-7/h3-4,6H,5H2,1-2H3. The summed E-state index contributed by atoms with van der Waals surface area (Å²) in [7, 11) is 0. The average Bonchev–Trinajstić information content (AvgIpc) is 1.99. The van der Waals surface area contributed by atoms with E-state index >= 15 is 0 Å². The third kappa shape index (κ3) is 3.83. The minimum Gasteiger partial charge on any atom is -0.493 e. The molecule has 0 saturated heterocycles. The summed E-state index contributed by atoms with van der Waals surface area (Å²) < 4.78 is 5.42. The quantitative estimate of drug-likeness (QED) is 0.728. The third-order valence-corrected chi connectivity index (χ3v) is 1.71. The largest absolute Gasteiger partial charge is 0.493 e. The van der Waals surface area contributed by atoms with Crippen LogP contribution in [0.1, 0.15) is 13.8 Å². The number of rotatable bonds is 3. The van der Waals surface area contributed by atoms with Crippen molar-refractivity contribution >= 4 is 23.2 Å². The summed E-state index contributed by atoms with van der Waals surface area (Å²) in [5.74, 6) is 1.14. The maximum absolute atomic E-state index is 5.69. The maximum atomic E-state index is 5.69. The first-order valence-corrected chi connectivity index (χ1v) is 4.79. The molecule has 0 saturated carbocycles. The van der Waals surface area contributed by atoms with Crippen molar-refractivity contribution in [1.82, 2.24) is 4.98 Å². The van der Waals surface area contributed by atoms with Gasteiger partial charge in [-0.3, -0.25) is 0 Å². The Morgan fingerprint density at radius 3 is 2.31 bits per heavy atom. The van der Waals surface area contributed by atoms with Gasteiger partial charge in [0.2, 0.25) is 0 Å². The van der Waals surface area contributed by atoms with Crippen LogP contribution in [0.25, 0.3) is 0 Å². The van der Waals surface area contributed by atoms with Gasteiger partial charge in [0.1, 0.15) is 16.1 Å². The van der Waals surface area contributed by atoms with E-state index < -0.39 is 0 Å². The zero-order valence-electron chi connectivity index (χ0n) is 7.55. The molecular formula is C9H11Cl2NO. The van der Waals surface area contributed by atoms with E-state index in [-0.39, 0.29) is 0 Å². The maximum Gasteiger partial charge on any atom is 0.134 e. The third-order valence-electron chi connectivity index (χ3n) is 1.32. The molecule has 0 aliphatic heterocycles. The topological polar surface area (TPSA) is 22.1 Å². The lowest BCUT2D eigenvalue weighted by Crippen LogP contribution is -2.04. The molecule has 1 rings (SSSR count). The van der Waals surface area contributed by atoms with Crippen LogP contribution in [-0.2, 0) is 0 Å². The van der Waals surface area contributed by atoms with Crippen molar-refractivity contribution in [2.45, 2.75) is 13.8 Å². The van der Waals surface area contributed by atoms with Crippen LogP contribution in [0.4, 0.5) is 0 Å². The van der Waals surface area contributed by atoms with Crippen LogP contribution < -0.4 is 4.74 Å². The predicted octanol–water partition coefficient (Wildman–Crippen LogP) is 3.42. The van der Waals surface area contributed by atoms with Crippen molar-refractivity contribution in [1.29, 1.82) is 0 Å². The molecule has 0 aliphatic carbocycles. The summed E-state index contributed by atoms with van der Waals surface area (Å²) in [6.07, 6.45) is 0. The average molecular weight is 220 g/mol. The molecule has 0 spiro atoms. The predicted molar refractivity (Wildman–Crippen MR) is 54.6 cm³/mol. The molecule has 2 nitrogen and oxygen atoms in total. The van der Waals surface area contributed by atoms with Crippen molar-refractivity contribution in [3.05, 3.63) is 22.4 Å². The molecule has 0 fully saturated rings. The van der Waals surface area contributed by atoms with Gasteiger partial charge in [0.05, 0.1) is 6.61 Å². The van der Waals surface area contributed by atoms with Crippen LogP contribution in [-0.4, -0.2) is 11.6 Å². The van der Waals surface area contributed by atoms with Crippen molar-refractivity contribution in [3.8, 4) is 5.75 Å². The first-order chi connectivity index (χ1) is 6.08. The Morgan fingerprint density at radius 2 is 1.85 bits per heavy atom. The number of hydrogen-bond donors (Lipinski definition) is 0. The number of nitrogens with zero attached hydrogens (tertiary/aromatic N) is 1. The van der Waals surface area contributed by atoms with Gasteiger partial charge >= 0.3 is 0 Å². The van der Waals surface area contributed by atoms with E-state index in [9.17, 15) is 0 Å². The number of halogens is 2. The van der Waals surface area contributed by atoms with Gasteiger partial charge in [-0.05, 0) is 5.92 Å². The first kappa shape index (κ1) is 10.6. The minimum atomic E-state index is 0.353. The molecule has 72 valence electrons. The van der Waals surface area contributed by atoms with Crippen LogP contribution in [0.5, 0.6) is 5.75 Å². The Labute approximate surface area is 87.8 Å². The number of ether oxygens (including phenoxy) is 1. The van der Waals surface area contributed by atoms with Crippen molar-refractivity contribution in [2.24, 2.45) is 5.92 Å². The van der Waals surface area contributed by atoms with E-state index in [4.69, 9.17) is 27.9 Å². The van der Waals surface area contributed by atoms with E-state index in [0.717, 1.165) is 0 Å². The molecule has 0 unspecified atom stereocenters. The molecule has 0 atom stereocenters. The zero-order valence-corrected chi connectivity index (χ0v) is 9.06. The van der Waals surface area contributed by atoms with E-state index in [1.165, 1.54) is 0 Å². The van der Waals surface area contributed by atoms with E-state index in [0.29, 0.717) is 28.6 Å². The fraction of sp³-hybridized carbons (Fsp3) is 0.444. The highest BCUT2D eigenvalue weighted by Crippen LogP contribution is 2.20. The lowest BCUT2D eigenvalue weighted by atomic mass is 10.2. The van der Waals surface area contributed by atoms with Crippen LogP contribution >= 0.6 is 23.2 Å². The van der Waals surface area contributed by atoms with Crippen LogP contribution in [0.3, 0.4) is 0 Å². The first-order valence-electron chi connectivity index (χ1n) is 4.04. The molecule has 1 heterocycles. The lowest BCUT2D eigenvalue weighted by Gasteiger charge is -2.08. The van der Waals surface area contributed by atoms with Crippen LogP contribution in [0, 0.1) is 5.92 Å². The van der Waals surface area contributed by atoms with Gasteiger partial charge in [-0.15, -0.1) is 0 Å². The van der Waals surface area contributed by atoms with Gasteiger partial charge < -0.3 is 4.74 Å². The molecule has 0 aromatic carbocycles. The molecule has 0 radical (unpaired) electrons. The zero-order chi connectivity index (χ0) is 9.84. The Balaban J connectivity index is 2.66. The molecule has 0 N–H and O–H groups in total. The second-order valence-corrected chi connectivity index (χ2v) is 3.93. The Kier molecular flexibility index (Phi) is 3.82. The molecule has 1 aromatic heterocycles. The Hall–Kier alpha value is -0.470. The van der Waals surface area contributed by atoms with Gasteiger partial charge in [0, 0.05) is 12.1 Å². The van der Waals surface area contributed by atoms with Gasteiger partial charge in [0.15, 0.2) is 0 Å². The van der Waals surface area contributed by atoms with E-state index in [2.05, 4.69) is 18.8 Å². The fourth-order valence-corrected chi connectivity index (χ4v) is 1.23. The van der Waals surface area contributed by atoms with E-state index in [1.807, 2.05) is 0 Å². The second kappa shape index (κ2) is 4.68. The summed E-state index contributed by atoms with van der Waals surface area (Å²) in [5, 5.41) is 0.706. The lowest BCUT2D eigenvalue weighted by molar-refractivity contribution is 0.271. The SMILES string of the molecule is CC(C)COc1cc(Cl)nc(Cl)c1. The number of aromatic nitrogens is 1. The molecule has 0 bridgehead atoms. The molecule has 0 aliphatic rings. The van der Waals surface area contributed by atoms with Gasteiger partial charge in [0.25, 0.3) is 0 Å². The van der Waals surface area contributed by atoms with Crippen LogP contribution in [0.2, 0.25) is 10.3 Å². The summed E-state index contributed by atoms with van der Waals surface area (Å²) >= 11 is 11.4. The normalized spacial score (nSPS) is 10.5. The fourth-order valence-electron chi connectivity index (χ4n) is 0.789. The summed E-state index contributed by atoms with van der Waals surface area (Å²) in [6.45, 7) is 4.80. The Morgan fingerprint density at radius 1 is 1.31 bits per heavy atom. The highest BCUT2D eigenvalue weighted by atomic mass is 35.5. The van der Waals surface area contributed by atoms with Crippen molar-refractivity contribution in [3.63, 3.8) is 0 Å². The molecular weight excluding hydrogens is 209 g/mol. The number of hydrogen-bond acceptors (Lipinski definition) is 2. The van der Waals surface area contributed by atoms with Crippen LogP contribution in [0.15, 0.2) is 12.1 Å². The molecule has 4 heteroatoms. The van der Waals surface area contributed by atoms with E-state index in [1.54, 1.807) is 12.1 Å². The monoisotopic (exact) mass is 219 g/mol. The summed E-state index contributed by atoms with van der Waals surface area (Å²) in [6, 6.07) is 3.30. The molecule has 13 heavy (non-hydrogen) atoms. The summed E-state index contributed by atoms with van der Waals surface area (Å²) in [5.41, 5.74) is 0. The highest BCUT2D eigenvalue weighted by molar-refractivity contribution is 6.32. The molecule has 1 aromatic rings. The van der Waals surface area contributed by atoms with Gasteiger partial charge in [-0.25, -0.2) is 4.98 Å². The smallest absolute Gasteiger partial charge is 0.134 e. The number of pyridine rings is 1.